The van der Waals surface area contributed by atoms with Gasteiger partial charge in [0.15, 0.2) is 6.61 Å². The third-order valence-electron chi connectivity index (χ3n) is 4.25. The van der Waals surface area contributed by atoms with Gasteiger partial charge < -0.3 is 14.8 Å². The number of rotatable bonds is 9. The topological polar surface area (TPSA) is 94.6 Å². The smallest absolute Gasteiger partial charge is 0.341 e. The number of esters is 2. The van der Waals surface area contributed by atoms with E-state index in [0.717, 1.165) is 15.8 Å². The van der Waals surface area contributed by atoms with Crippen LogP contribution in [0.25, 0.3) is 16.3 Å². The van der Waals surface area contributed by atoms with Crippen LogP contribution >= 0.6 is 22.7 Å². The standard InChI is InChI=1S/C23H24N2O5S2/c1-4-29-23(28)21-15(11-14(2)3)13-31-22(21)25-18(26)12-30-20(27)10-9-19-24-16-7-5-6-8-17(16)32-19/h5-10,13-14H,4,11-12H2,1-3H3,(H,25,26)/b10-9+. The van der Waals surface area contributed by atoms with Crippen molar-refractivity contribution in [2.75, 3.05) is 18.5 Å². The predicted octanol–water partition coefficient (Wildman–Crippen LogP) is 4.93. The second kappa shape index (κ2) is 11.0. The first-order valence-corrected chi connectivity index (χ1v) is 11.8. The molecule has 9 heteroatoms. The van der Waals surface area contributed by atoms with Crippen molar-refractivity contribution in [3.8, 4) is 0 Å². The third kappa shape index (κ3) is 6.24. The molecule has 3 rings (SSSR count). The molecule has 1 aromatic carbocycles. The first-order chi connectivity index (χ1) is 15.4. The fraction of sp³-hybridized carbons (Fsp3) is 0.304. The summed E-state index contributed by atoms with van der Waals surface area (Å²) in [5, 5.41) is 5.56. The lowest BCUT2D eigenvalue weighted by atomic mass is 10.0. The molecule has 0 spiro atoms. The van der Waals surface area contributed by atoms with Crippen LogP contribution in [-0.2, 0) is 25.5 Å². The van der Waals surface area contributed by atoms with Crippen LogP contribution in [0.4, 0.5) is 5.00 Å². The number of aromatic nitrogens is 1. The monoisotopic (exact) mass is 472 g/mol. The van der Waals surface area contributed by atoms with Gasteiger partial charge in [-0.2, -0.15) is 0 Å². The highest BCUT2D eigenvalue weighted by Gasteiger charge is 2.22. The first kappa shape index (κ1) is 23.6. The predicted molar refractivity (Wildman–Crippen MR) is 127 cm³/mol. The average molecular weight is 473 g/mol. The number of amides is 1. The fourth-order valence-electron chi connectivity index (χ4n) is 2.95. The first-order valence-electron chi connectivity index (χ1n) is 10.1. The van der Waals surface area contributed by atoms with Gasteiger partial charge in [0.25, 0.3) is 5.91 Å². The molecule has 0 atom stereocenters. The number of hydrogen-bond acceptors (Lipinski definition) is 8. The van der Waals surface area contributed by atoms with Crippen LogP contribution < -0.4 is 5.32 Å². The van der Waals surface area contributed by atoms with Crippen molar-refractivity contribution < 1.29 is 23.9 Å². The zero-order valence-electron chi connectivity index (χ0n) is 18.0. The number of nitrogens with one attached hydrogen (secondary N) is 1. The van der Waals surface area contributed by atoms with E-state index in [0.29, 0.717) is 27.9 Å². The Balaban J connectivity index is 1.58. The molecule has 1 amide bonds. The van der Waals surface area contributed by atoms with Gasteiger partial charge in [-0.3, -0.25) is 4.79 Å². The van der Waals surface area contributed by atoms with E-state index in [2.05, 4.69) is 10.3 Å². The highest BCUT2D eigenvalue weighted by atomic mass is 32.1. The Labute approximate surface area is 194 Å². The summed E-state index contributed by atoms with van der Waals surface area (Å²) >= 11 is 2.70. The van der Waals surface area contributed by atoms with Crippen molar-refractivity contribution in [3.05, 3.63) is 51.9 Å². The SMILES string of the molecule is CCOC(=O)c1c(CC(C)C)csc1NC(=O)COC(=O)/C=C/c1nc2ccccc2s1. The van der Waals surface area contributed by atoms with E-state index < -0.39 is 24.5 Å². The number of thiophene rings is 1. The van der Waals surface area contributed by atoms with Crippen molar-refractivity contribution in [1.82, 2.24) is 4.98 Å². The minimum atomic E-state index is -0.656. The lowest BCUT2D eigenvalue weighted by molar-refractivity contribution is -0.142. The van der Waals surface area contributed by atoms with E-state index in [9.17, 15) is 14.4 Å². The number of nitrogens with zero attached hydrogens (tertiary/aromatic N) is 1. The van der Waals surface area contributed by atoms with Crippen molar-refractivity contribution in [2.45, 2.75) is 27.2 Å². The van der Waals surface area contributed by atoms with Gasteiger partial charge in [0.2, 0.25) is 0 Å². The molecule has 1 N–H and O–H groups in total. The second-order valence-corrected chi connectivity index (χ2v) is 9.23. The molecule has 0 aliphatic heterocycles. The highest BCUT2D eigenvalue weighted by molar-refractivity contribution is 7.19. The Kier molecular flexibility index (Phi) is 8.13. The van der Waals surface area contributed by atoms with Crippen LogP contribution in [0, 0.1) is 5.92 Å². The highest BCUT2D eigenvalue weighted by Crippen LogP contribution is 2.31. The summed E-state index contributed by atoms with van der Waals surface area (Å²) in [6, 6.07) is 7.67. The summed E-state index contributed by atoms with van der Waals surface area (Å²) in [6.45, 7) is 5.59. The molecule has 0 unspecified atom stereocenters. The van der Waals surface area contributed by atoms with Crippen LogP contribution in [0.3, 0.4) is 0 Å². The lowest BCUT2D eigenvalue weighted by Gasteiger charge is -2.09. The molecule has 0 aliphatic carbocycles. The van der Waals surface area contributed by atoms with Crippen molar-refractivity contribution in [1.29, 1.82) is 0 Å². The molecule has 0 fully saturated rings. The van der Waals surface area contributed by atoms with E-state index in [1.54, 1.807) is 13.0 Å². The van der Waals surface area contributed by atoms with E-state index in [4.69, 9.17) is 9.47 Å². The largest absolute Gasteiger partial charge is 0.462 e. The molecule has 3 aromatic rings. The number of anilines is 1. The molecule has 2 heterocycles. The van der Waals surface area contributed by atoms with Gasteiger partial charge in [0.1, 0.15) is 10.0 Å². The quantitative estimate of drug-likeness (QED) is 0.351. The number of thiazole rings is 1. The van der Waals surface area contributed by atoms with Crippen LogP contribution in [-0.4, -0.2) is 36.0 Å². The van der Waals surface area contributed by atoms with Gasteiger partial charge >= 0.3 is 11.9 Å². The molecule has 7 nitrogen and oxygen atoms in total. The third-order valence-corrected chi connectivity index (χ3v) is 6.19. The molecular formula is C23H24N2O5S2. The normalized spacial score (nSPS) is 11.2. The summed E-state index contributed by atoms with van der Waals surface area (Å²) < 4.78 is 11.2. The molecule has 0 saturated carbocycles. The van der Waals surface area contributed by atoms with Crippen molar-refractivity contribution in [2.24, 2.45) is 5.92 Å². The second-order valence-electron chi connectivity index (χ2n) is 7.29. The van der Waals surface area contributed by atoms with Gasteiger partial charge in [-0.15, -0.1) is 22.7 Å². The molecule has 168 valence electrons. The van der Waals surface area contributed by atoms with Crippen LogP contribution in [0.5, 0.6) is 0 Å². The van der Waals surface area contributed by atoms with Crippen LogP contribution in [0.1, 0.15) is 41.7 Å². The Hall–Kier alpha value is -3.04. The molecule has 2 aromatic heterocycles. The van der Waals surface area contributed by atoms with E-state index in [1.165, 1.54) is 28.7 Å². The van der Waals surface area contributed by atoms with E-state index in [1.807, 2.05) is 43.5 Å². The zero-order valence-corrected chi connectivity index (χ0v) is 19.7. The molecule has 0 saturated heterocycles. The summed E-state index contributed by atoms with van der Waals surface area (Å²) in [4.78, 5) is 41.1. The maximum atomic E-state index is 12.4. The van der Waals surface area contributed by atoms with E-state index in [-0.39, 0.29) is 6.61 Å². The summed E-state index contributed by atoms with van der Waals surface area (Å²) in [5.74, 6) is -1.33. The number of hydrogen-bond donors (Lipinski definition) is 1. The number of ether oxygens (including phenoxy) is 2. The number of para-hydroxylation sites is 1. The van der Waals surface area contributed by atoms with Crippen LogP contribution in [0.15, 0.2) is 35.7 Å². The minimum Gasteiger partial charge on any atom is -0.462 e. The summed E-state index contributed by atoms with van der Waals surface area (Å²) in [5.41, 5.74) is 2.05. The van der Waals surface area contributed by atoms with Crippen LogP contribution in [0.2, 0.25) is 0 Å². The van der Waals surface area contributed by atoms with Gasteiger partial charge in [0.05, 0.1) is 22.4 Å². The molecule has 0 radical (unpaired) electrons. The Morgan fingerprint density at radius 2 is 1.97 bits per heavy atom. The number of carbonyl (C=O) groups excluding carboxylic acids is 3. The van der Waals surface area contributed by atoms with Gasteiger partial charge in [-0.05, 0) is 48.4 Å². The maximum Gasteiger partial charge on any atom is 0.341 e. The fourth-order valence-corrected chi connectivity index (χ4v) is 4.80. The van der Waals surface area contributed by atoms with Gasteiger partial charge in [-0.25, -0.2) is 14.6 Å². The molecule has 0 bridgehead atoms. The zero-order chi connectivity index (χ0) is 23.1. The Morgan fingerprint density at radius 3 is 2.69 bits per heavy atom. The molecule has 0 aliphatic rings. The van der Waals surface area contributed by atoms with Gasteiger partial charge in [0, 0.05) is 6.08 Å². The molecule has 32 heavy (non-hydrogen) atoms. The van der Waals surface area contributed by atoms with E-state index >= 15 is 0 Å². The minimum absolute atomic E-state index is 0.238. The summed E-state index contributed by atoms with van der Waals surface area (Å²) in [7, 11) is 0. The number of benzene rings is 1. The lowest BCUT2D eigenvalue weighted by Crippen LogP contribution is -2.21. The number of carbonyl (C=O) groups is 3. The average Bonchev–Trinajstić information content (AvgIpc) is 3.34. The Bertz CT molecular complexity index is 1110. The Morgan fingerprint density at radius 1 is 1.19 bits per heavy atom. The number of fused-ring (bicyclic) bond motifs is 1. The maximum absolute atomic E-state index is 12.4. The summed E-state index contributed by atoms with van der Waals surface area (Å²) in [6.07, 6.45) is 3.48. The van der Waals surface area contributed by atoms with Gasteiger partial charge in [-0.1, -0.05) is 26.0 Å². The molecular weight excluding hydrogens is 448 g/mol. The van der Waals surface area contributed by atoms with Crippen molar-refractivity contribution >= 4 is 61.8 Å². The van der Waals surface area contributed by atoms with Crippen molar-refractivity contribution in [3.63, 3.8) is 0 Å².